The van der Waals surface area contributed by atoms with E-state index in [2.05, 4.69) is 11.4 Å². The summed E-state index contributed by atoms with van der Waals surface area (Å²) >= 11 is 0. The standard InChI is InChI=1S/C14H18N2O2/c1-3-12(9-10-15)16-14(17)11-5-7-13(8-6-11)18-4-2/h5-8,12H,3-4,9H2,1-2H3,(H,16,17). The maximum absolute atomic E-state index is 11.9. The number of nitrogens with zero attached hydrogens (tertiary/aromatic N) is 1. The van der Waals surface area contributed by atoms with Gasteiger partial charge >= 0.3 is 0 Å². The number of nitriles is 1. The van der Waals surface area contributed by atoms with E-state index < -0.39 is 0 Å². The van der Waals surface area contributed by atoms with Gasteiger partial charge in [0.15, 0.2) is 0 Å². The van der Waals surface area contributed by atoms with Crippen molar-refractivity contribution in [2.75, 3.05) is 6.61 Å². The maximum Gasteiger partial charge on any atom is 0.251 e. The number of hydrogen-bond acceptors (Lipinski definition) is 3. The number of ether oxygens (including phenoxy) is 1. The van der Waals surface area contributed by atoms with Crippen LogP contribution in [-0.4, -0.2) is 18.6 Å². The molecule has 0 aliphatic rings. The number of nitrogens with one attached hydrogen (secondary N) is 1. The van der Waals surface area contributed by atoms with Gasteiger partial charge in [0.1, 0.15) is 5.75 Å². The Hall–Kier alpha value is -2.02. The van der Waals surface area contributed by atoms with Crippen LogP contribution in [0.4, 0.5) is 0 Å². The lowest BCUT2D eigenvalue weighted by molar-refractivity contribution is 0.0936. The second-order valence-electron chi connectivity index (χ2n) is 3.90. The van der Waals surface area contributed by atoms with E-state index in [1.807, 2.05) is 13.8 Å². The monoisotopic (exact) mass is 246 g/mol. The molecule has 4 heteroatoms. The van der Waals surface area contributed by atoms with Crippen LogP contribution in [0, 0.1) is 11.3 Å². The summed E-state index contributed by atoms with van der Waals surface area (Å²) < 4.78 is 5.31. The summed E-state index contributed by atoms with van der Waals surface area (Å²) in [6.07, 6.45) is 1.08. The molecule has 0 saturated heterocycles. The lowest BCUT2D eigenvalue weighted by Gasteiger charge is -2.13. The van der Waals surface area contributed by atoms with Crippen molar-refractivity contribution < 1.29 is 9.53 Å². The highest BCUT2D eigenvalue weighted by molar-refractivity contribution is 5.94. The number of rotatable bonds is 6. The third kappa shape index (κ3) is 4.10. The van der Waals surface area contributed by atoms with Gasteiger partial charge in [-0.3, -0.25) is 4.79 Å². The molecule has 0 spiro atoms. The molecule has 0 saturated carbocycles. The first-order chi connectivity index (χ1) is 8.71. The summed E-state index contributed by atoms with van der Waals surface area (Å²) in [5.74, 6) is 0.596. The predicted molar refractivity (Wildman–Crippen MR) is 69.4 cm³/mol. The fourth-order valence-electron chi connectivity index (χ4n) is 1.55. The van der Waals surface area contributed by atoms with Gasteiger partial charge in [-0.15, -0.1) is 0 Å². The fourth-order valence-corrected chi connectivity index (χ4v) is 1.55. The van der Waals surface area contributed by atoms with Crippen molar-refractivity contribution in [2.45, 2.75) is 32.7 Å². The Kier molecular flexibility index (Phi) is 5.72. The van der Waals surface area contributed by atoms with Crippen molar-refractivity contribution >= 4 is 5.91 Å². The quantitative estimate of drug-likeness (QED) is 0.838. The molecule has 0 aliphatic heterocycles. The summed E-state index contributed by atoms with van der Waals surface area (Å²) in [5.41, 5.74) is 0.579. The third-order valence-electron chi connectivity index (χ3n) is 2.59. The molecule has 1 rings (SSSR count). The second kappa shape index (κ2) is 7.33. The largest absolute Gasteiger partial charge is 0.494 e. The third-order valence-corrected chi connectivity index (χ3v) is 2.59. The Bertz CT molecular complexity index is 420. The number of benzene rings is 1. The van der Waals surface area contributed by atoms with Gasteiger partial charge < -0.3 is 10.1 Å². The molecule has 1 unspecified atom stereocenters. The number of carbonyl (C=O) groups is 1. The van der Waals surface area contributed by atoms with E-state index in [1.54, 1.807) is 24.3 Å². The van der Waals surface area contributed by atoms with Crippen LogP contribution >= 0.6 is 0 Å². The van der Waals surface area contributed by atoms with E-state index in [0.717, 1.165) is 12.2 Å². The lowest BCUT2D eigenvalue weighted by Crippen LogP contribution is -2.34. The van der Waals surface area contributed by atoms with Crippen LogP contribution in [0.25, 0.3) is 0 Å². The van der Waals surface area contributed by atoms with E-state index in [-0.39, 0.29) is 11.9 Å². The van der Waals surface area contributed by atoms with Gasteiger partial charge in [-0.1, -0.05) is 6.92 Å². The molecule has 4 nitrogen and oxygen atoms in total. The molecule has 0 radical (unpaired) electrons. The van der Waals surface area contributed by atoms with E-state index in [9.17, 15) is 4.79 Å². The summed E-state index contributed by atoms with van der Waals surface area (Å²) in [6, 6.07) is 8.96. The molecule has 0 heterocycles. The number of amides is 1. The molecule has 1 aromatic rings. The van der Waals surface area contributed by atoms with Gasteiger partial charge in [-0.05, 0) is 37.6 Å². The smallest absolute Gasteiger partial charge is 0.251 e. The summed E-state index contributed by atoms with van der Waals surface area (Å²) in [5, 5.41) is 11.5. The highest BCUT2D eigenvalue weighted by Crippen LogP contribution is 2.12. The molecule has 0 bridgehead atoms. The van der Waals surface area contributed by atoms with Crippen molar-refractivity contribution in [2.24, 2.45) is 0 Å². The molecular weight excluding hydrogens is 228 g/mol. The maximum atomic E-state index is 11.9. The minimum Gasteiger partial charge on any atom is -0.494 e. The zero-order chi connectivity index (χ0) is 13.4. The van der Waals surface area contributed by atoms with Crippen molar-refractivity contribution in [1.29, 1.82) is 5.26 Å². The first-order valence-electron chi connectivity index (χ1n) is 6.11. The molecule has 18 heavy (non-hydrogen) atoms. The second-order valence-corrected chi connectivity index (χ2v) is 3.90. The van der Waals surface area contributed by atoms with E-state index in [1.165, 1.54) is 0 Å². The molecule has 0 aliphatic carbocycles. The van der Waals surface area contributed by atoms with Gasteiger partial charge in [-0.2, -0.15) is 5.26 Å². The Labute approximate surface area is 108 Å². The van der Waals surface area contributed by atoms with Gasteiger partial charge in [0.05, 0.1) is 19.1 Å². The van der Waals surface area contributed by atoms with Crippen LogP contribution in [0.15, 0.2) is 24.3 Å². The first-order valence-corrected chi connectivity index (χ1v) is 6.11. The van der Waals surface area contributed by atoms with Crippen LogP contribution in [0.2, 0.25) is 0 Å². The van der Waals surface area contributed by atoms with Gasteiger partial charge in [0, 0.05) is 11.6 Å². The van der Waals surface area contributed by atoms with Gasteiger partial charge in [0.2, 0.25) is 0 Å². The van der Waals surface area contributed by atoms with Crippen LogP contribution in [0.1, 0.15) is 37.0 Å². The minimum absolute atomic E-state index is 0.0888. The lowest BCUT2D eigenvalue weighted by atomic mass is 10.1. The minimum atomic E-state index is -0.153. The Balaban J connectivity index is 2.63. The Morgan fingerprint density at radius 1 is 1.39 bits per heavy atom. The molecule has 1 N–H and O–H groups in total. The Morgan fingerprint density at radius 2 is 2.06 bits per heavy atom. The number of hydrogen-bond donors (Lipinski definition) is 1. The highest BCUT2D eigenvalue weighted by Gasteiger charge is 2.11. The van der Waals surface area contributed by atoms with Crippen LogP contribution < -0.4 is 10.1 Å². The highest BCUT2D eigenvalue weighted by atomic mass is 16.5. The fraction of sp³-hybridized carbons (Fsp3) is 0.429. The van der Waals surface area contributed by atoms with Crippen molar-refractivity contribution in [3.05, 3.63) is 29.8 Å². The zero-order valence-corrected chi connectivity index (χ0v) is 10.8. The molecule has 0 aromatic heterocycles. The van der Waals surface area contributed by atoms with E-state index >= 15 is 0 Å². The van der Waals surface area contributed by atoms with Gasteiger partial charge in [0.25, 0.3) is 5.91 Å². The Morgan fingerprint density at radius 3 is 2.56 bits per heavy atom. The number of carbonyl (C=O) groups excluding carboxylic acids is 1. The SMILES string of the molecule is CCOc1ccc(C(=O)NC(CC)CC#N)cc1. The van der Waals surface area contributed by atoms with Crippen molar-refractivity contribution in [1.82, 2.24) is 5.32 Å². The van der Waals surface area contributed by atoms with E-state index in [4.69, 9.17) is 10.00 Å². The first kappa shape index (κ1) is 14.0. The van der Waals surface area contributed by atoms with Gasteiger partial charge in [-0.25, -0.2) is 0 Å². The summed E-state index contributed by atoms with van der Waals surface area (Å²) in [7, 11) is 0. The topological polar surface area (TPSA) is 62.1 Å². The zero-order valence-electron chi connectivity index (χ0n) is 10.8. The normalized spacial score (nSPS) is 11.4. The van der Waals surface area contributed by atoms with Crippen molar-refractivity contribution in [3.8, 4) is 11.8 Å². The van der Waals surface area contributed by atoms with Crippen LogP contribution in [0.3, 0.4) is 0 Å². The molecule has 1 aromatic carbocycles. The average molecular weight is 246 g/mol. The molecule has 96 valence electrons. The average Bonchev–Trinajstić information content (AvgIpc) is 2.39. The molecule has 1 amide bonds. The molecular formula is C14H18N2O2. The predicted octanol–water partition coefficient (Wildman–Crippen LogP) is 2.51. The molecule has 0 fully saturated rings. The van der Waals surface area contributed by atoms with Crippen LogP contribution in [0.5, 0.6) is 5.75 Å². The molecule has 1 atom stereocenters. The van der Waals surface area contributed by atoms with E-state index in [0.29, 0.717) is 18.6 Å². The van der Waals surface area contributed by atoms with Crippen LogP contribution in [-0.2, 0) is 0 Å². The summed E-state index contributed by atoms with van der Waals surface area (Å²) in [4.78, 5) is 11.9. The van der Waals surface area contributed by atoms with Crippen molar-refractivity contribution in [3.63, 3.8) is 0 Å². The summed E-state index contributed by atoms with van der Waals surface area (Å²) in [6.45, 7) is 4.46.